The number of ether oxygens (including phenoxy) is 10. The summed E-state index contributed by atoms with van der Waals surface area (Å²) in [5, 5.41) is 51.4. The molecule has 0 aliphatic carbocycles. The zero-order chi connectivity index (χ0) is 92.2. The van der Waals surface area contributed by atoms with Gasteiger partial charge in [0.1, 0.15) is 84.3 Å². The first kappa shape index (κ1) is 105. The lowest BCUT2D eigenvalue weighted by Crippen LogP contribution is -2.53. The third kappa shape index (κ3) is 29.3. The van der Waals surface area contributed by atoms with Crippen molar-refractivity contribution >= 4 is 54.0 Å². The number of fused-ring (bicyclic) bond motifs is 1. The van der Waals surface area contributed by atoms with Gasteiger partial charge in [-0.3, -0.25) is 37.5 Å². The molecule has 2 unspecified atom stereocenters. The number of urea groups is 1. The number of carbonyl (C=O) groups excluding carboxylic acids is 1. The Morgan fingerprint density at radius 1 is 0.696 bits per heavy atom. The summed E-state index contributed by atoms with van der Waals surface area (Å²) in [6.07, 6.45) is -0.491. The van der Waals surface area contributed by atoms with E-state index in [1.807, 2.05) is 83.1 Å². The average molecular weight is 1810 g/mol. The number of aliphatic hydroxyl groups excluding tert-OH is 4. The van der Waals surface area contributed by atoms with Crippen LogP contribution in [0.4, 0.5) is 35.4 Å². The van der Waals surface area contributed by atoms with Crippen LogP contribution < -0.4 is 50.0 Å². The number of imidazole rings is 1. The Bertz CT molecular complexity index is 4950. The van der Waals surface area contributed by atoms with E-state index in [-0.39, 0.29) is 93.5 Å². The monoisotopic (exact) mass is 1810 g/mol. The van der Waals surface area contributed by atoms with Crippen molar-refractivity contribution in [1.29, 1.82) is 0 Å². The van der Waals surface area contributed by atoms with E-state index in [1.165, 1.54) is 66.2 Å². The molecule has 698 valence electrons. The van der Waals surface area contributed by atoms with Crippen molar-refractivity contribution in [3.8, 4) is 0 Å². The predicted octanol–water partition coefficient (Wildman–Crippen LogP) is 5.79. The van der Waals surface area contributed by atoms with Gasteiger partial charge in [0, 0.05) is 83.7 Å². The van der Waals surface area contributed by atoms with Gasteiger partial charge in [0.25, 0.3) is 5.56 Å². The summed E-state index contributed by atoms with van der Waals surface area (Å²) in [5.41, 5.74) is 7.64. The molecule has 0 radical (unpaired) electrons. The topological polar surface area (TPSA) is 565 Å². The Morgan fingerprint density at radius 3 is 1.75 bits per heavy atom. The first-order valence-corrected chi connectivity index (χ1v) is 42.6. The number of nitrogen functional groups attached to an aromatic ring is 1. The van der Waals surface area contributed by atoms with Gasteiger partial charge in [0.2, 0.25) is 0 Å². The lowest BCUT2D eigenvalue weighted by molar-refractivity contribution is -0.0869. The molecule has 0 bridgehead atoms. The maximum absolute atomic E-state index is 14.8. The maximum atomic E-state index is 14.8. The number of nitrogens with two attached hydrogens (primary N) is 1. The van der Waals surface area contributed by atoms with Gasteiger partial charge in [-0.1, -0.05) is 19.1 Å². The molecule has 6 aromatic heterocycles. The molecular formula is C77H120F3N20O23PS. The third-order valence-corrected chi connectivity index (χ3v) is 20.5. The van der Waals surface area contributed by atoms with Crippen LogP contribution in [0.25, 0.3) is 21.6 Å². The minimum Gasteiger partial charge on any atom is -0.394 e. The Kier molecular flexibility index (Phi) is 39.2. The van der Waals surface area contributed by atoms with Crippen LogP contribution in [-0.2, 0) is 58.5 Å². The van der Waals surface area contributed by atoms with Crippen molar-refractivity contribution in [2.24, 2.45) is 5.11 Å². The number of nitrogens with one attached hydrogen (secondary N) is 4. The van der Waals surface area contributed by atoms with Crippen LogP contribution in [0.15, 0.2) is 109 Å². The minimum atomic E-state index is -4.13. The van der Waals surface area contributed by atoms with Crippen LogP contribution in [0.2, 0.25) is 0 Å². The highest BCUT2D eigenvalue weighted by molar-refractivity contribution is 8.00. The number of allylic oxidation sites excluding steroid dienone is 1. The number of hydrogen-bond donors (Lipinski definition) is 11. The Balaban J connectivity index is 0.000000232. The number of amides is 2. The highest BCUT2D eigenvalue weighted by atomic mass is 32.2. The predicted molar refractivity (Wildman–Crippen MR) is 454 cm³/mol. The number of thioether (sulfide) groups is 1. The minimum absolute atomic E-state index is 0. The largest absolute Gasteiger partial charge is 0.394 e. The first-order chi connectivity index (χ1) is 58.1. The van der Waals surface area contributed by atoms with E-state index >= 15 is 0 Å². The average Bonchev–Trinajstić information content (AvgIpc) is 1.63. The highest BCUT2D eigenvalue weighted by Crippen LogP contribution is 2.43. The molecular weight excluding hydrogens is 1690 g/mol. The number of halogens is 3. The Morgan fingerprint density at radius 2 is 1.22 bits per heavy atom. The van der Waals surface area contributed by atoms with Crippen molar-refractivity contribution in [1.82, 2.24) is 67.9 Å². The number of carbonyl (C=O) groups is 1. The Hall–Kier alpha value is -8.94. The second kappa shape index (κ2) is 46.7. The molecule has 0 saturated carbocycles. The van der Waals surface area contributed by atoms with E-state index < -0.39 is 140 Å². The number of H-pyrrole nitrogens is 1. The molecule has 17 atom stereocenters. The fourth-order valence-electron chi connectivity index (χ4n) is 12.6. The molecule has 12 N–H and O–H groups in total. The van der Waals surface area contributed by atoms with E-state index in [1.54, 1.807) is 54.8 Å². The van der Waals surface area contributed by atoms with Gasteiger partial charge >= 0.3 is 36.4 Å². The van der Waals surface area contributed by atoms with E-state index in [0.29, 0.717) is 65.1 Å². The van der Waals surface area contributed by atoms with Gasteiger partial charge in [-0.2, -0.15) is 15.0 Å². The third-order valence-electron chi connectivity index (χ3n) is 18.9. The molecule has 5 fully saturated rings. The number of rotatable bonds is 28. The van der Waals surface area contributed by atoms with Crippen molar-refractivity contribution in [3.05, 3.63) is 154 Å². The lowest BCUT2D eigenvalue weighted by Gasteiger charge is -2.33. The molecule has 12 heterocycles. The smallest absolute Gasteiger partial charge is 0.351 e. The summed E-state index contributed by atoms with van der Waals surface area (Å²) < 4.78 is 116. The van der Waals surface area contributed by atoms with Crippen molar-refractivity contribution in [2.75, 3.05) is 68.1 Å². The zero-order valence-corrected chi connectivity index (χ0v) is 73.8. The van der Waals surface area contributed by atoms with Crippen LogP contribution in [0.5, 0.6) is 0 Å². The SMILES string of the molecule is C.C=C1C=CN([C@@H]2O[C@H](COC(C)C)[C@@H](O)[C@@]2(C)F)C(=O)N1.CC(C)Nc1ccn([C@@H]2O[C@H](CO)[C@@H](O)[C@@]2(C)F)c(=O)n1.CC(C)Nc1ncnc2c1ncn2CCOCP(=O)(O)O.CC(C)OC[C@@H]1OC(n2ccc(N)nc2=O)CS1.Cc1ccn([C@@H]2O[C@H](COC(C)C)[C@@H](O)[C@@]2(C)F)c(=O)n1.Cc1cn(C2C[C@H](N=[N+]=[N-])[C@@H](COC(C)C)O2)c(=O)[nH]c1=O. The number of aromatic amines is 1. The maximum Gasteiger partial charge on any atom is 0.351 e. The number of aromatic nitrogens is 12. The van der Waals surface area contributed by atoms with Crippen molar-refractivity contribution in [2.45, 2.75) is 277 Å². The fraction of sp³-hybridized carbons (Fsp3) is 0.662. The van der Waals surface area contributed by atoms with Crippen LogP contribution in [-0.4, -0.2) is 265 Å². The number of nitrogens with zero attached hydrogens (tertiary/aromatic N) is 15. The normalized spacial score (nSPS) is 26.9. The van der Waals surface area contributed by atoms with Crippen LogP contribution in [0.3, 0.4) is 0 Å². The molecule has 48 heteroatoms. The van der Waals surface area contributed by atoms with Crippen LogP contribution >= 0.6 is 19.4 Å². The summed E-state index contributed by atoms with van der Waals surface area (Å²) in [7, 11) is -4.13. The van der Waals surface area contributed by atoms with Gasteiger partial charge in [-0.05, 0) is 148 Å². The quantitative estimate of drug-likeness (QED) is 0.00909. The molecule has 5 saturated heterocycles. The number of aliphatic hydroxyl groups is 4. The molecule has 6 aromatic rings. The second-order valence-electron chi connectivity index (χ2n) is 31.7. The molecule has 6 aliphatic rings. The van der Waals surface area contributed by atoms with Crippen LogP contribution in [0, 0.1) is 13.8 Å². The highest BCUT2D eigenvalue weighted by Gasteiger charge is 2.59. The number of anilines is 3. The van der Waals surface area contributed by atoms with Crippen molar-refractivity contribution < 1.29 is 100 Å². The summed E-state index contributed by atoms with van der Waals surface area (Å²) in [6.45, 7) is 34.2. The van der Waals surface area contributed by atoms with E-state index in [4.69, 9.17) is 73.5 Å². The summed E-state index contributed by atoms with van der Waals surface area (Å²) in [5.74, 6) is 1.97. The molecule has 12 rings (SSSR count). The number of alkyl halides is 3. The van der Waals surface area contributed by atoms with Crippen molar-refractivity contribution in [3.63, 3.8) is 0 Å². The molecule has 0 aromatic carbocycles. The molecule has 2 amide bonds. The van der Waals surface area contributed by atoms with E-state index in [0.717, 1.165) is 21.0 Å². The fourth-order valence-corrected chi connectivity index (χ4v) is 14.0. The van der Waals surface area contributed by atoms with Gasteiger partial charge in [0.15, 0.2) is 47.2 Å². The Labute approximate surface area is 723 Å². The van der Waals surface area contributed by atoms with Gasteiger partial charge in [-0.15, -0.1) is 11.8 Å². The molecule has 125 heavy (non-hydrogen) atoms. The molecule has 6 aliphatic heterocycles. The van der Waals surface area contributed by atoms with E-state index in [2.05, 4.69) is 67.4 Å². The molecule has 43 nitrogen and oxygen atoms in total. The number of azide groups is 1. The van der Waals surface area contributed by atoms with Gasteiger partial charge in [-0.25, -0.2) is 52.1 Å². The van der Waals surface area contributed by atoms with Crippen LogP contribution in [0.1, 0.15) is 154 Å². The second-order valence-corrected chi connectivity index (χ2v) is 34.4. The first-order valence-electron chi connectivity index (χ1n) is 39.8. The lowest BCUT2D eigenvalue weighted by atomic mass is 9.98. The van der Waals surface area contributed by atoms with Gasteiger partial charge in [0.05, 0.1) is 82.5 Å². The number of hydrogen-bond acceptors (Lipinski definition) is 32. The summed E-state index contributed by atoms with van der Waals surface area (Å²) >= 11 is 1.63. The zero-order valence-electron chi connectivity index (χ0n) is 72.1. The van der Waals surface area contributed by atoms with E-state index in [9.17, 15) is 61.8 Å². The summed E-state index contributed by atoms with van der Waals surface area (Å²) in [4.78, 5) is 118. The molecule has 0 spiro atoms. The standard InChI is InChI=1S/2C14H21FN2O4.C13H20FN3O4.C13H19N5O4.C11H18N5O4P.C11H17N3O3S.CH4/c2*1-8(2)20-7-10-11(18)14(4,15)12(21-10)17-6-5-9(3)16-13(17)19;1-7(2)15-9-4-5-17(12(20)16-9)11-13(3,14)10(19)8(6-18)21-11;1-7(2)21-6-10-9(16-17-14)4-11(22-10)18-5-8(3)12(19)15-13(18)20;1-8(2)15-10-9-11(13-5-12-10)16(6-14-9)3-4-20-7-21(17,18)19;1-7(2)16-5-10-17-9(6-18-10)14-4-3-8(12)13-11(14)15;/h5-6,8,10-12,18H,7H2,1-4H3;5-6,8,10-12,18H,3,7H2,1-2,4H3,(H,16,19);4-5,7-8,10-11,18-19H,6H2,1-3H3,(H,15,16,20);5,7,9-11H,4,6H2,1-3H3,(H,15,19,20);5-6,8H,3-4,7H2,1-2H3,(H,12,13,15)(H2,17,18,19);3-4,7,9-10H,5-6H2,1-2H3,(H2,12,13,15);1H4/t2*10-,11-,12-,14-;8-,10-,11-,13-;9-,10+,11?;;9?,10-;/m1110.1./s1. The van der Waals surface area contributed by atoms with Gasteiger partial charge < -0.3 is 104 Å². The summed E-state index contributed by atoms with van der Waals surface area (Å²) in [6, 6.07) is 4.06. The number of aryl methyl sites for hydroxylation is 2.